The number of rotatable bonds is 3. The summed E-state index contributed by atoms with van der Waals surface area (Å²) in [4.78, 5) is 34.2. The maximum absolute atomic E-state index is 11.5. The fourth-order valence-electron chi connectivity index (χ4n) is 2.37. The van der Waals surface area contributed by atoms with E-state index in [2.05, 4.69) is 9.47 Å². The molecule has 0 heterocycles. The van der Waals surface area contributed by atoms with Gasteiger partial charge in [-0.15, -0.1) is 0 Å². The highest BCUT2D eigenvalue weighted by atomic mass is 16.5. The number of carboxylic acids is 1. The Hall–Kier alpha value is -1.59. The van der Waals surface area contributed by atoms with Gasteiger partial charge in [0.05, 0.1) is 32.0 Å². The lowest BCUT2D eigenvalue weighted by atomic mass is 9.72. The van der Waals surface area contributed by atoms with Gasteiger partial charge in [-0.25, -0.2) is 0 Å². The van der Waals surface area contributed by atoms with Gasteiger partial charge in [-0.05, 0) is 12.8 Å². The fraction of sp³-hybridized carbons (Fsp3) is 0.727. The number of methoxy groups -OCH3 is 2. The molecule has 0 aliphatic heterocycles. The second-order valence-corrected chi connectivity index (χ2v) is 4.05. The minimum absolute atomic E-state index is 0.428. The van der Waals surface area contributed by atoms with Crippen molar-refractivity contribution >= 4 is 17.9 Å². The molecule has 1 aliphatic carbocycles. The van der Waals surface area contributed by atoms with Crippen LogP contribution >= 0.6 is 0 Å². The van der Waals surface area contributed by atoms with Gasteiger partial charge in [-0.3, -0.25) is 14.4 Å². The lowest BCUT2D eigenvalue weighted by molar-refractivity contribution is -0.167. The lowest BCUT2D eigenvalue weighted by Crippen LogP contribution is -2.42. The second-order valence-electron chi connectivity index (χ2n) is 4.05. The second kappa shape index (κ2) is 5.65. The number of ether oxygens (including phenoxy) is 2. The molecule has 96 valence electrons. The molecule has 1 N–H and O–H groups in total. The number of hydrogen-bond acceptors (Lipinski definition) is 5. The molecule has 2 atom stereocenters. The first-order chi connectivity index (χ1) is 8.02. The first-order valence-electron chi connectivity index (χ1n) is 5.41. The summed E-state index contributed by atoms with van der Waals surface area (Å²) >= 11 is 0. The predicted octanol–water partition coefficient (Wildman–Crippen LogP) is 0.449. The molecule has 2 unspecified atom stereocenters. The van der Waals surface area contributed by atoms with Crippen LogP contribution in [0, 0.1) is 17.8 Å². The Bertz CT molecular complexity index is 300. The number of hydrogen-bond donors (Lipinski definition) is 1. The van der Waals surface area contributed by atoms with Crippen LogP contribution in [0.5, 0.6) is 0 Å². The van der Waals surface area contributed by atoms with Crippen LogP contribution in [0.25, 0.3) is 0 Å². The molecule has 0 aromatic heterocycles. The molecule has 0 spiro atoms. The highest BCUT2D eigenvalue weighted by Gasteiger charge is 2.46. The Morgan fingerprint density at radius 3 is 1.71 bits per heavy atom. The van der Waals surface area contributed by atoms with Crippen molar-refractivity contribution in [3.63, 3.8) is 0 Å². The molecular weight excluding hydrogens is 228 g/mol. The molecule has 6 nitrogen and oxygen atoms in total. The summed E-state index contributed by atoms with van der Waals surface area (Å²) < 4.78 is 9.15. The number of aliphatic carboxylic acids is 1. The summed E-state index contributed by atoms with van der Waals surface area (Å²) in [6.45, 7) is 0. The highest BCUT2D eigenvalue weighted by molar-refractivity contribution is 5.86. The number of carbonyl (C=O) groups excluding carboxylic acids is 2. The van der Waals surface area contributed by atoms with Crippen LogP contribution in [-0.4, -0.2) is 37.2 Å². The molecule has 0 aromatic rings. The van der Waals surface area contributed by atoms with Crippen molar-refractivity contribution in [2.24, 2.45) is 17.8 Å². The minimum atomic E-state index is -1.16. The van der Waals surface area contributed by atoms with Gasteiger partial charge in [-0.1, -0.05) is 6.42 Å². The number of esters is 2. The Labute approximate surface area is 98.9 Å². The number of carbonyl (C=O) groups is 3. The molecule has 0 amide bonds. The van der Waals surface area contributed by atoms with E-state index in [4.69, 9.17) is 5.11 Å². The minimum Gasteiger partial charge on any atom is -0.481 e. The van der Waals surface area contributed by atoms with Crippen molar-refractivity contribution in [2.45, 2.75) is 19.3 Å². The predicted molar refractivity (Wildman–Crippen MR) is 56.0 cm³/mol. The topological polar surface area (TPSA) is 89.9 Å². The molecule has 1 aliphatic rings. The third-order valence-electron chi connectivity index (χ3n) is 3.19. The van der Waals surface area contributed by atoms with Gasteiger partial charge >= 0.3 is 17.9 Å². The zero-order valence-corrected chi connectivity index (χ0v) is 9.84. The average molecular weight is 244 g/mol. The Morgan fingerprint density at radius 2 is 1.41 bits per heavy atom. The summed E-state index contributed by atoms with van der Waals surface area (Å²) in [5, 5.41) is 9.15. The quantitative estimate of drug-likeness (QED) is 0.725. The van der Waals surface area contributed by atoms with E-state index in [9.17, 15) is 14.4 Å². The monoisotopic (exact) mass is 244 g/mol. The van der Waals surface area contributed by atoms with Gasteiger partial charge in [0.15, 0.2) is 0 Å². The third kappa shape index (κ3) is 2.75. The van der Waals surface area contributed by atoms with Gasteiger partial charge in [0.2, 0.25) is 0 Å². The molecule has 1 fully saturated rings. The van der Waals surface area contributed by atoms with Crippen LogP contribution in [0.2, 0.25) is 0 Å². The summed E-state index contributed by atoms with van der Waals surface area (Å²) in [5.41, 5.74) is 0. The van der Waals surface area contributed by atoms with Crippen LogP contribution in [-0.2, 0) is 23.9 Å². The van der Waals surface area contributed by atoms with Crippen LogP contribution in [0.15, 0.2) is 0 Å². The molecule has 0 bridgehead atoms. The van der Waals surface area contributed by atoms with E-state index in [1.807, 2.05) is 0 Å². The maximum Gasteiger partial charge on any atom is 0.309 e. The van der Waals surface area contributed by atoms with Crippen molar-refractivity contribution in [1.29, 1.82) is 0 Å². The van der Waals surface area contributed by atoms with E-state index in [1.165, 1.54) is 14.2 Å². The standard InChI is InChI=1S/C11H16O6/c1-16-10(14)6-4-3-5-7(11(15)17-2)8(6)9(12)13/h6-8H,3-5H2,1-2H3,(H,12,13). The van der Waals surface area contributed by atoms with Crippen molar-refractivity contribution in [1.82, 2.24) is 0 Å². The Morgan fingerprint density at radius 1 is 1.00 bits per heavy atom. The Kier molecular flexibility index (Phi) is 4.48. The summed E-state index contributed by atoms with van der Waals surface area (Å²) in [5.74, 6) is -4.90. The van der Waals surface area contributed by atoms with E-state index in [0.717, 1.165) is 0 Å². The van der Waals surface area contributed by atoms with Gasteiger partial charge < -0.3 is 14.6 Å². The number of carboxylic acid groups (broad SMARTS) is 1. The zero-order chi connectivity index (χ0) is 13.0. The molecule has 0 radical (unpaired) electrons. The Balaban J connectivity index is 2.96. The van der Waals surface area contributed by atoms with Crippen LogP contribution in [0.4, 0.5) is 0 Å². The molecule has 17 heavy (non-hydrogen) atoms. The van der Waals surface area contributed by atoms with Crippen LogP contribution < -0.4 is 0 Å². The van der Waals surface area contributed by atoms with E-state index >= 15 is 0 Å². The summed E-state index contributed by atoms with van der Waals surface area (Å²) in [7, 11) is 2.42. The van der Waals surface area contributed by atoms with Gasteiger partial charge in [0.1, 0.15) is 0 Å². The van der Waals surface area contributed by atoms with E-state index < -0.39 is 35.7 Å². The van der Waals surface area contributed by atoms with Gasteiger partial charge in [0.25, 0.3) is 0 Å². The highest BCUT2D eigenvalue weighted by Crippen LogP contribution is 2.36. The van der Waals surface area contributed by atoms with Crippen molar-refractivity contribution in [3.8, 4) is 0 Å². The average Bonchev–Trinajstić information content (AvgIpc) is 2.35. The maximum atomic E-state index is 11.5. The summed E-state index contributed by atoms with van der Waals surface area (Å²) in [6.07, 6.45) is 1.47. The zero-order valence-electron chi connectivity index (χ0n) is 9.84. The van der Waals surface area contributed by atoms with Gasteiger partial charge in [0, 0.05) is 0 Å². The first kappa shape index (κ1) is 13.5. The first-order valence-corrected chi connectivity index (χ1v) is 5.41. The van der Waals surface area contributed by atoms with E-state index in [-0.39, 0.29) is 0 Å². The molecule has 6 heteroatoms. The molecule has 0 saturated heterocycles. The summed E-state index contributed by atoms with van der Waals surface area (Å²) in [6, 6.07) is 0. The van der Waals surface area contributed by atoms with Crippen molar-refractivity contribution < 1.29 is 29.0 Å². The normalized spacial score (nSPS) is 28.2. The molecule has 0 aromatic carbocycles. The smallest absolute Gasteiger partial charge is 0.309 e. The van der Waals surface area contributed by atoms with E-state index in [1.54, 1.807) is 0 Å². The van der Waals surface area contributed by atoms with Crippen LogP contribution in [0.3, 0.4) is 0 Å². The third-order valence-corrected chi connectivity index (χ3v) is 3.19. The molecular formula is C11H16O6. The fourth-order valence-corrected chi connectivity index (χ4v) is 2.37. The van der Waals surface area contributed by atoms with Crippen molar-refractivity contribution in [3.05, 3.63) is 0 Å². The van der Waals surface area contributed by atoms with Crippen LogP contribution in [0.1, 0.15) is 19.3 Å². The molecule has 1 saturated carbocycles. The van der Waals surface area contributed by atoms with Gasteiger partial charge in [-0.2, -0.15) is 0 Å². The largest absolute Gasteiger partial charge is 0.481 e. The van der Waals surface area contributed by atoms with E-state index in [0.29, 0.717) is 19.3 Å². The lowest BCUT2D eigenvalue weighted by Gasteiger charge is -2.32. The molecule has 1 rings (SSSR count). The van der Waals surface area contributed by atoms with Crippen molar-refractivity contribution in [2.75, 3.05) is 14.2 Å². The SMILES string of the molecule is COC(=O)C1CCCC(C(=O)OC)C1C(=O)O.